The molecule has 0 saturated heterocycles. The summed E-state index contributed by atoms with van der Waals surface area (Å²) < 4.78 is 37.7. The van der Waals surface area contributed by atoms with Crippen molar-refractivity contribution in [1.82, 2.24) is 4.72 Å². The first-order valence-electron chi connectivity index (χ1n) is 4.00. The summed E-state index contributed by atoms with van der Waals surface area (Å²) in [6, 6.07) is 4.58. The largest absolute Gasteiger partial charge is 0.387 e. The number of hydrogen-bond acceptors (Lipinski definition) is 3. The second-order valence-electron chi connectivity index (χ2n) is 2.81. The van der Waals surface area contributed by atoms with E-state index in [2.05, 4.69) is 4.72 Å². The third-order valence-corrected chi connectivity index (χ3v) is 2.96. The van der Waals surface area contributed by atoms with Gasteiger partial charge >= 0.3 is 0 Å². The molecule has 0 aliphatic carbocycles. The highest BCUT2D eigenvalue weighted by Gasteiger charge is 2.13. The Kier molecular flexibility index (Phi) is 3.38. The van der Waals surface area contributed by atoms with E-state index in [9.17, 15) is 12.8 Å². The summed E-state index contributed by atoms with van der Waals surface area (Å²) in [5.41, 5.74) is 4.99. The Hall–Kier alpha value is -1.47. The van der Waals surface area contributed by atoms with Crippen molar-refractivity contribution in [2.45, 2.75) is 4.90 Å². The number of rotatable bonds is 4. The molecule has 0 fully saturated rings. The van der Waals surface area contributed by atoms with Gasteiger partial charge in [0.25, 0.3) is 0 Å². The maximum absolute atomic E-state index is 12.7. The molecule has 15 heavy (non-hydrogen) atoms. The van der Waals surface area contributed by atoms with E-state index in [0.717, 1.165) is 12.1 Å². The van der Waals surface area contributed by atoms with E-state index in [1.165, 1.54) is 12.1 Å². The molecule has 0 unspecified atom stereocenters. The third kappa shape index (κ3) is 3.30. The molecule has 0 aliphatic heterocycles. The summed E-state index contributed by atoms with van der Waals surface area (Å²) in [5, 5.41) is 6.86. The summed E-state index contributed by atoms with van der Waals surface area (Å²) in [6.07, 6.45) is 0. The zero-order valence-electron chi connectivity index (χ0n) is 7.70. The number of sulfonamides is 1. The fourth-order valence-corrected chi connectivity index (χ4v) is 1.93. The maximum atomic E-state index is 12.7. The highest BCUT2D eigenvalue weighted by atomic mass is 32.2. The van der Waals surface area contributed by atoms with Crippen molar-refractivity contribution in [1.29, 1.82) is 5.41 Å². The van der Waals surface area contributed by atoms with Crippen LogP contribution in [0.4, 0.5) is 4.39 Å². The minimum absolute atomic E-state index is 0.191. The van der Waals surface area contributed by atoms with Gasteiger partial charge in [-0.1, -0.05) is 6.07 Å². The van der Waals surface area contributed by atoms with Gasteiger partial charge in [0, 0.05) is 0 Å². The van der Waals surface area contributed by atoms with Crippen LogP contribution in [-0.4, -0.2) is 20.8 Å². The molecule has 0 atom stereocenters. The van der Waals surface area contributed by atoms with Crippen molar-refractivity contribution in [2.75, 3.05) is 6.54 Å². The van der Waals surface area contributed by atoms with E-state index in [-0.39, 0.29) is 17.3 Å². The standard InChI is InChI=1S/C8H10FN3O2S/c9-6-2-1-3-7(4-6)15(13,14)12-5-8(10)11/h1-4,12H,5H2,(H3,10,11). The van der Waals surface area contributed by atoms with Gasteiger partial charge in [0.15, 0.2) is 0 Å². The minimum Gasteiger partial charge on any atom is -0.387 e. The van der Waals surface area contributed by atoms with Crippen molar-refractivity contribution < 1.29 is 12.8 Å². The molecule has 0 heterocycles. The molecular weight excluding hydrogens is 221 g/mol. The van der Waals surface area contributed by atoms with Crippen LogP contribution in [0.1, 0.15) is 0 Å². The quantitative estimate of drug-likeness (QED) is 0.504. The molecule has 1 aromatic carbocycles. The monoisotopic (exact) mass is 231 g/mol. The molecule has 7 heteroatoms. The van der Waals surface area contributed by atoms with Gasteiger partial charge in [0.1, 0.15) is 11.7 Å². The Morgan fingerprint density at radius 2 is 2.20 bits per heavy atom. The lowest BCUT2D eigenvalue weighted by Gasteiger charge is -2.05. The molecule has 4 N–H and O–H groups in total. The predicted octanol–water partition coefficient (Wildman–Crippen LogP) is 0.0400. The lowest BCUT2D eigenvalue weighted by atomic mass is 10.4. The van der Waals surface area contributed by atoms with Crippen LogP contribution >= 0.6 is 0 Å². The van der Waals surface area contributed by atoms with Gasteiger partial charge in [0.2, 0.25) is 10.0 Å². The van der Waals surface area contributed by atoms with Crippen LogP contribution in [-0.2, 0) is 10.0 Å². The van der Waals surface area contributed by atoms with Crippen molar-refractivity contribution in [3.63, 3.8) is 0 Å². The lowest BCUT2D eigenvalue weighted by molar-refractivity contribution is 0.582. The van der Waals surface area contributed by atoms with E-state index < -0.39 is 15.8 Å². The number of amidine groups is 1. The van der Waals surface area contributed by atoms with E-state index >= 15 is 0 Å². The molecule has 0 saturated carbocycles. The van der Waals surface area contributed by atoms with E-state index in [4.69, 9.17) is 11.1 Å². The fraction of sp³-hybridized carbons (Fsp3) is 0.125. The molecule has 1 rings (SSSR count). The first-order chi connectivity index (χ1) is 6.92. The smallest absolute Gasteiger partial charge is 0.241 e. The first-order valence-corrected chi connectivity index (χ1v) is 5.48. The summed E-state index contributed by atoms with van der Waals surface area (Å²) in [6.45, 7) is -0.293. The second kappa shape index (κ2) is 4.37. The number of halogens is 1. The summed E-state index contributed by atoms with van der Waals surface area (Å²) in [4.78, 5) is -0.191. The molecule has 0 amide bonds. The molecule has 0 spiro atoms. The Labute approximate surface area is 86.7 Å². The van der Waals surface area contributed by atoms with Gasteiger partial charge in [0.05, 0.1) is 11.4 Å². The van der Waals surface area contributed by atoms with E-state index in [0.29, 0.717) is 0 Å². The SMILES string of the molecule is N=C(N)CNS(=O)(=O)c1cccc(F)c1. The first kappa shape index (κ1) is 11.6. The maximum Gasteiger partial charge on any atom is 0.241 e. The van der Waals surface area contributed by atoms with Gasteiger partial charge in [-0.25, -0.2) is 17.5 Å². The number of hydrogen-bond donors (Lipinski definition) is 3. The van der Waals surface area contributed by atoms with Crippen LogP contribution in [0.2, 0.25) is 0 Å². The minimum atomic E-state index is -3.79. The zero-order valence-corrected chi connectivity index (χ0v) is 8.51. The van der Waals surface area contributed by atoms with Crippen molar-refractivity contribution >= 4 is 15.9 Å². The Morgan fingerprint density at radius 1 is 1.53 bits per heavy atom. The van der Waals surface area contributed by atoms with Crippen LogP contribution in [0.5, 0.6) is 0 Å². The average Bonchev–Trinajstić information content (AvgIpc) is 2.15. The Morgan fingerprint density at radius 3 is 2.73 bits per heavy atom. The Bertz CT molecular complexity index is 473. The van der Waals surface area contributed by atoms with E-state index in [1.54, 1.807) is 0 Å². The summed E-state index contributed by atoms with van der Waals surface area (Å²) in [5.74, 6) is -0.948. The van der Waals surface area contributed by atoms with Gasteiger partial charge in [-0.05, 0) is 18.2 Å². The lowest BCUT2D eigenvalue weighted by Crippen LogP contribution is -2.32. The van der Waals surface area contributed by atoms with Gasteiger partial charge in [-0.15, -0.1) is 0 Å². The molecule has 1 aromatic rings. The van der Waals surface area contributed by atoms with Crippen LogP contribution in [0.25, 0.3) is 0 Å². The second-order valence-corrected chi connectivity index (χ2v) is 4.57. The predicted molar refractivity (Wildman–Crippen MR) is 53.5 cm³/mol. The molecular formula is C8H10FN3O2S. The normalized spacial score (nSPS) is 11.3. The van der Waals surface area contributed by atoms with Crippen molar-refractivity contribution in [3.8, 4) is 0 Å². The summed E-state index contributed by atoms with van der Waals surface area (Å²) in [7, 11) is -3.79. The fourth-order valence-electron chi connectivity index (χ4n) is 0.890. The molecule has 5 nitrogen and oxygen atoms in total. The van der Waals surface area contributed by atoms with Crippen LogP contribution < -0.4 is 10.5 Å². The molecule has 0 radical (unpaired) electrons. The average molecular weight is 231 g/mol. The summed E-state index contributed by atoms with van der Waals surface area (Å²) >= 11 is 0. The van der Waals surface area contributed by atoms with E-state index in [1.807, 2.05) is 0 Å². The van der Waals surface area contributed by atoms with Crippen molar-refractivity contribution in [2.24, 2.45) is 5.73 Å². The van der Waals surface area contributed by atoms with Gasteiger partial charge in [-0.2, -0.15) is 0 Å². The van der Waals surface area contributed by atoms with Crippen LogP contribution in [0.15, 0.2) is 29.2 Å². The highest BCUT2D eigenvalue weighted by Crippen LogP contribution is 2.09. The van der Waals surface area contributed by atoms with Gasteiger partial charge < -0.3 is 5.73 Å². The van der Waals surface area contributed by atoms with Gasteiger partial charge in [-0.3, -0.25) is 5.41 Å². The molecule has 0 aromatic heterocycles. The van der Waals surface area contributed by atoms with Crippen LogP contribution in [0, 0.1) is 11.2 Å². The van der Waals surface area contributed by atoms with Crippen molar-refractivity contribution in [3.05, 3.63) is 30.1 Å². The Balaban J connectivity index is 2.91. The molecule has 0 bridgehead atoms. The number of nitrogens with two attached hydrogens (primary N) is 1. The molecule has 82 valence electrons. The number of nitrogens with one attached hydrogen (secondary N) is 2. The highest BCUT2D eigenvalue weighted by molar-refractivity contribution is 7.89. The zero-order chi connectivity index (χ0) is 11.5. The number of benzene rings is 1. The van der Waals surface area contributed by atoms with Crippen LogP contribution in [0.3, 0.4) is 0 Å². The topological polar surface area (TPSA) is 96.0 Å². The third-order valence-electron chi connectivity index (χ3n) is 1.56. The molecule has 0 aliphatic rings.